The number of carbonyl (C=O) groups is 1. The Morgan fingerprint density at radius 1 is 1.27 bits per heavy atom. The minimum absolute atomic E-state index is 0.360. The third kappa shape index (κ3) is 3.03. The number of nitrogens with two attached hydrogens (primary N) is 1. The first kappa shape index (κ1) is 17.0. The molecule has 1 saturated heterocycles. The predicted octanol–water partition coefficient (Wildman–Crippen LogP) is 0.736. The molecule has 1 fully saturated rings. The number of nitrogen functional groups attached to an aromatic ring is 1. The summed E-state index contributed by atoms with van der Waals surface area (Å²) in [6.07, 6.45) is 0. The third-order valence-electron chi connectivity index (χ3n) is 4.35. The molecule has 0 bridgehead atoms. The van der Waals surface area contributed by atoms with Crippen LogP contribution in [0.1, 0.15) is 43.6 Å². The SMILES string of the molecule is COCc1ccc(C(=O)NN)cc1B1OC(C)(C)C(C)(C)O1. The van der Waals surface area contributed by atoms with Gasteiger partial charge in [0.05, 0.1) is 17.8 Å². The number of ether oxygens (including phenoxy) is 1. The van der Waals surface area contributed by atoms with E-state index in [2.05, 4.69) is 5.43 Å². The molecule has 2 rings (SSSR count). The highest BCUT2D eigenvalue weighted by molar-refractivity contribution is 6.62. The van der Waals surface area contributed by atoms with Crippen molar-refractivity contribution in [3.05, 3.63) is 29.3 Å². The van der Waals surface area contributed by atoms with Crippen LogP contribution in [0.25, 0.3) is 0 Å². The predicted molar refractivity (Wildman–Crippen MR) is 84.5 cm³/mol. The Morgan fingerprint density at radius 2 is 1.86 bits per heavy atom. The molecule has 1 heterocycles. The highest BCUT2D eigenvalue weighted by atomic mass is 16.7. The Kier molecular flexibility index (Phi) is 4.63. The summed E-state index contributed by atoms with van der Waals surface area (Å²) < 4.78 is 17.4. The van der Waals surface area contributed by atoms with Crippen LogP contribution in [0.5, 0.6) is 0 Å². The van der Waals surface area contributed by atoms with Crippen LogP contribution in [-0.2, 0) is 20.7 Å². The lowest BCUT2D eigenvalue weighted by atomic mass is 9.75. The maximum Gasteiger partial charge on any atom is 0.495 e. The summed E-state index contributed by atoms with van der Waals surface area (Å²) in [6.45, 7) is 8.35. The fourth-order valence-corrected chi connectivity index (χ4v) is 2.30. The lowest BCUT2D eigenvalue weighted by Crippen LogP contribution is -2.41. The topological polar surface area (TPSA) is 82.8 Å². The van der Waals surface area contributed by atoms with E-state index in [0.717, 1.165) is 11.0 Å². The molecule has 0 radical (unpaired) electrons. The minimum Gasteiger partial charge on any atom is -0.399 e. The molecule has 120 valence electrons. The Hall–Kier alpha value is -1.41. The lowest BCUT2D eigenvalue weighted by molar-refractivity contribution is 0.00578. The zero-order chi connectivity index (χ0) is 16.5. The van der Waals surface area contributed by atoms with Crippen molar-refractivity contribution in [1.82, 2.24) is 5.43 Å². The van der Waals surface area contributed by atoms with Crippen LogP contribution < -0.4 is 16.7 Å². The van der Waals surface area contributed by atoms with Gasteiger partial charge in [0, 0.05) is 12.7 Å². The van der Waals surface area contributed by atoms with E-state index in [0.29, 0.717) is 12.2 Å². The maximum atomic E-state index is 11.8. The number of methoxy groups -OCH3 is 1. The van der Waals surface area contributed by atoms with E-state index in [1.165, 1.54) is 0 Å². The van der Waals surface area contributed by atoms with Gasteiger partial charge in [0.1, 0.15) is 0 Å². The number of carbonyl (C=O) groups excluding carboxylic acids is 1. The number of benzene rings is 1. The van der Waals surface area contributed by atoms with Gasteiger partial charge in [0.2, 0.25) is 0 Å². The molecule has 7 heteroatoms. The number of hydrogen-bond acceptors (Lipinski definition) is 5. The van der Waals surface area contributed by atoms with Gasteiger partial charge < -0.3 is 14.0 Å². The molecule has 1 aliphatic heterocycles. The quantitative estimate of drug-likeness (QED) is 0.371. The second kappa shape index (κ2) is 6.00. The van der Waals surface area contributed by atoms with Crippen LogP contribution in [-0.4, -0.2) is 31.3 Å². The number of hydrogen-bond donors (Lipinski definition) is 2. The molecule has 6 nitrogen and oxygen atoms in total. The normalized spacial score (nSPS) is 19.3. The molecule has 0 saturated carbocycles. The van der Waals surface area contributed by atoms with E-state index in [4.69, 9.17) is 19.9 Å². The summed E-state index contributed by atoms with van der Waals surface area (Å²) in [5.41, 5.74) is 3.37. The fraction of sp³-hybridized carbons (Fsp3) is 0.533. The van der Waals surface area contributed by atoms with Crippen LogP contribution in [0.4, 0.5) is 0 Å². The molecule has 1 aliphatic rings. The molecule has 22 heavy (non-hydrogen) atoms. The first-order chi connectivity index (χ1) is 10.2. The average Bonchev–Trinajstić information content (AvgIpc) is 2.67. The summed E-state index contributed by atoms with van der Waals surface area (Å²) in [4.78, 5) is 11.8. The lowest BCUT2D eigenvalue weighted by Gasteiger charge is -2.32. The highest BCUT2D eigenvalue weighted by Crippen LogP contribution is 2.36. The summed E-state index contributed by atoms with van der Waals surface area (Å²) in [7, 11) is 1.06. The standard InChI is InChI=1S/C15H23BN2O4/c1-14(2)15(3,4)22-16(21-14)12-8-10(13(19)18-17)6-7-11(12)9-20-5/h6-8H,9,17H2,1-5H3,(H,18,19). The monoisotopic (exact) mass is 306 g/mol. The highest BCUT2D eigenvalue weighted by Gasteiger charge is 2.52. The van der Waals surface area contributed by atoms with Crippen molar-refractivity contribution < 1.29 is 18.8 Å². The first-order valence-electron chi connectivity index (χ1n) is 7.20. The number of hydrazine groups is 1. The summed E-state index contributed by atoms with van der Waals surface area (Å²) in [5, 5.41) is 0. The van der Waals surface area contributed by atoms with Crippen molar-refractivity contribution in [2.75, 3.05) is 7.11 Å². The van der Waals surface area contributed by atoms with E-state index >= 15 is 0 Å². The van der Waals surface area contributed by atoms with E-state index in [9.17, 15) is 4.79 Å². The molecule has 0 unspecified atom stereocenters. The van der Waals surface area contributed by atoms with Gasteiger partial charge in [-0.1, -0.05) is 6.07 Å². The number of rotatable bonds is 4. The van der Waals surface area contributed by atoms with E-state index < -0.39 is 18.3 Å². The average molecular weight is 306 g/mol. The van der Waals surface area contributed by atoms with Crippen LogP contribution in [0.3, 0.4) is 0 Å². The smallest absolute Gasteiger partial charge is 0.399 e. The molecule has 1 aromatic carbocycles. The van der Waals surface area contributed by atoms with E-state index in [1.807, 2.05) is 33.8 Å². The van der Waals surface area contributed by atoms with Gasteiger partial charge in [-0.2, -0.15) is 0 Å². The van der Waals surface area contributed by atoms with Gasteiger partial charge in [-0.15, -0.1) is 0 Å². The van der Waals surface area contributed by atoms with Crippen LogP contribution in [0.15, 0.2) is 18.2 Å². The van der Waals surface area contributed by atoms with E-state index in [1.54, 1.807) is 19.2 Å². The van der Waals surface area contributed by atoms with Gasteiger partial charge >= 0.3 is 7.12 Å². The molecular formula is C15H23BN2O4. The fourth-order valence-electron chi connectivity index (χ4n) is 2.30. The summed E-state index contributed by atoms with van der Waals surface area (Å²) >= 11 is 0. The Balaban J connectivity index is 2.42. The molecule has 3 N–H and O–H groups in total. The zero-order valence-electron chi connectivity index (χ0n) is 13.7. The third-order valence-corrected chi connectivity index (χ3v) is 4.35. The minimum atomic E-state index is -0.555. The molecule has 1 aromatic rings. The van der Waals surface area contributed by atoms with Crippen molar-refractivity contribution in [2.45, 2.75) is 45.5 Å². The molecular weight excluding hydrogens is 283 g/mol. The number of nitrogens with one attached hydrogen (secondary N) is 1. The maximum absolute atomic E-state index is 11.8. The van der Waals surface area contributed by atoms with Crippen molar-refractivity contribution in [3.63, 3.8) is 0 Å². The second-order valence-electron chi connectivity index (χ2n) is 6.41. The summed E-state index contributed by atoms with van der Waals surface area (Å²) in [5.74, 6) is 4.84. The molecule has 0 aliphatic carbocycles. The first-order valence-corrected chi connectivity index (χ1v) is 7.20. The largest absolute Gasteiger partial charge is 0.495 e. The molecule has 1 amide bonds. The van der Waals surface area contributed by atoms with E-state index in [-0.39, 0.29) is 5.91 Å². The summed E-state index contributed by atoms with van der Waals surface area (Å²) in [6, 6.07) is 5.26. The van der Waals surface area contributed by atoms with Crippen molar-refractivity contribution in [1.29, 1.82) is 0 Å². The molecule has 0 spiro atoms. The van der Waals surface area contributed by atoms with Crippen molar-refractivity contribution >= 4 is 18.5 Å². The Morgan fingerprint density at radius 3 is 2.36 bits per heavy atom. The van der Waals surface area contributed by atoms with Gasteiger partial charge in [-0.05, 0) is 50.9 Å². The molecule has 0 atom stereocenters. The molecule has 0 aromatic heterocycles. The van der Waals surface area contributed by atoms with Crippen LogP contribution in [0.2, 0.25) is 0 Å². The number of amides is 1. The van der Waals surface area contributed by atoms with Crippen molar-refractivity contribution in [3.8, 4) is 0 Å². The zero-order valence-corrected chi connectivity index (χ0v) is 13.7. The Labute approximate surface area is 131 Å². The second-order valence-corrected chi connectivity index (χ2v) is 6.41. The van der Waals surface area contributed by atoms with Gasteiger partial charge in [-0.3, -0.25) is 10.2 Å². The Bertz CT molecular complexity index is 559. The van der Waals surface area contributed by atoms with Gasteiger partial charge in [0.25, 0.3) is 5.91 Å². The van der Waals surface area contributed by atoms with Gasteiger partial charge in [-0.25, -0.2) is 5.84 Å². The van der Waals surface area contributed by atoms with Gasteiger partial charge in [0.15, 0.2) is 0 Å². The van der Waals surface area contributed by atoms with Crippen LogP contribution in [0, 0.1) is 0 Å². The van der Waals surface area contributed by atoms with Crippen molar-refractivity contribution in [2.24, 2.45) is 5.84 Å². The van der Waals surface area contributed by atoms with Crippen LogP contribution >= 0.6 is 0 Å².